The van der Waals surface area contributed by atoms with Crippen molar-refractivity contribution in [1.82, 2.24) is 0 Å². The molecule has 0 aromatic carbocycles. The Morgan fingerprint density at radius 1 is 1.29 bits per heavy atom. The van der Waals surface area contributed by atoms with E-state index in [9.17, 15) is 14.7 Å². The number of unbranched alkanes of at least 4 members (excludes halogenated alkanes) is 1. The second-order valence-electron chi connectivity index (χ2n) is 4.83. The Kier molecular flexibility index (Phi) is 6.80. The van der Waals surface area contributed by atoms with E-state index in [1.807, 2.05) is 6.92 Å². The van der Waals surface area contributed by atoms with E-state index in [-0.39, 0.29) is 13.0 Å². The molecule has 0 aliphatic heterocycles. The normalized spacial score (nSPS) is 13.0. The summed E-state index contributed by atoms with van der Waals surface area (Å²) in [7, 11) is 0. The molecule has 0 heterocycles. The molecule has 100 valence electrons. The van der Waals surface area contributed by atoms with Gasteiger partial charge in [-0.3, -0.25) is 4.79 Å². The zero-order chi connectivity index (χ0) is 13.5. The molecule has 0 spiro atoms. The van der Waals surface area contributed by atoms with Crippen LogP contribution in [-0.2, 0) is 19.1 Å². The van der Waals surface area contributed by atoms with E-state index in [2.05, 4.69) is 0 Å². The summed E-state index contributed by atoms with van der Waals surface area (Å²) in [6.45, 7) is 7.39. The predicted octanol–water partition coefficient (Wildman–Crippen LogP) is 1.42. The number of esters is 2. The van der Waals surface area contributed by atoms with E-state index >= 15 is 0 Å². The van der Waals surface area contributed by atoms with Gasteiger partial charge >= 0.3 is 11.9 Å². The lowest BCUT2D eigenvalue weighted by Gasteiger charge is -2.20. The van der Waals surface area contributed by atoms with Crippen LogP contribution < -0.4 is 0 Å². The highest BCUT2D eigenvalue weighted by molar-refractivity contribution is 5.81. The maximum Gasteiger partial charge on any atom is 0.335 e. The van der Waals surface area contributed by atoms with Crippen molar-refractivity contribution in [3.63, 3.8) is 0 Å². The maximum atomic E-state index is 11.3. The fourth-order valence-electron chi connectivity index (χ4n) is 1.04. The molecule has 0 radical (unpaired) electrons. The molecular weight excluding hydrogens is 224 g/mol. The van der Waals surface area contributed by atoms with E-state index in [1.54, 1.807) is 20.8 Å². The minimum atomic E-state index is -1.44. The van der Waals surface area contributed by atoms with E-state index in [4.69, 9.17) is 9.47 Å². The zero-order valence-electron chi connectivity index (χ0n) is 11.0. The van der Waals surface area contributed by atoms with Crippen LogP contribution in [0.4, 0.5) is 0 Å². The molecule has 17 heavy (non-hydrogen) atoms. The van der Waals surface area contributed by atoms with Gasteiger partial charge in [0.25, 0.3) is 0 Å². The van der Waals surface area contributed by atoms with Crippen LogP contribution in [0.2, 0.25) is 0 Å². The molecule has 1 N–H and O–H groups in total. The largest absolute Gasteiger partial charge is 0.464 e. The molecule has 0 fully saturated rings. The third-order valence-corrected chi connectivity index (χ3v) is 1.79. The summed E-state index contributed by atoms with van der Waals surface area (Å²) in [5.74, 6) is -1.39. The van der Waals surface area contributed by atoms with E-state index in [1.165, 1.54) is 0 Å². The average molecular weight is 246 g/mol. The molecule has 5 nitrogen and oxygen atoms in total. The number of hydrogen-bond acceptors (Lipinski definition) is 5. The van der Waals surface area contributed by atoms with Crippen molar-refractivity contribution >= 4 is 11.9 Å². The maximum absolute atomic E-state index is 11.3. The van der Waals surface area contributed by atoms with Crippen LogP contribution >= 0.6 is 0 Å². The Morgan fingerprint density at radius 3 is 2.35 bits per heavy atom. The summed E-state index contributed by atoms with van der Waals surface area (Å²) in [5, 5.41) is 9.41. The summed E-state index contributed by atoms with van der Waals surface area (Å²) in [5.41, 5.74) is -0.622. The Morgan fingerprint density at radius 2 is 1.88 bits per heavy atom. The predicted molar refractivity (Wildman–Crippen MR) is 62.3 cm³/mol. The molecule has 5 heteroatoms. The van der Waals surface area contributed by atoms with Crippen molar-refractivity contribution < 1.29 is 24.2 Å². The first kappa shape index (κ1) is 15.9. The Labute approximate surface area is 102 Å². The molecule has 0 aliphatic carbocycles. The van der Waals surface area contributed by atoms with Crippen molar-refractivity contribution in [3.05, 3.63) is 0 Å². The van der Waals surface area contributed by atoms with Gasteiger partial charge in [0.05, 0.1) is 13.0 Å². The first-order chi connectivity index (χ1) is 7.76. The van der Waals surface area contributed by atoms with E-state index in [0.29, 0.717) is 0 Å². The fraction of sp³-hybridized carbons (Fsp3) is 0.833. The van der Waals surface area contributed by atoms with Crippen LogP contribution in [0.5, 0.6) is 0 Å². The first-order valence-electron chi connectivity index (χ1n) is 5.83. The second kappa shape index (κ2) is 7.27. The minimum absolute atomic E-state index is 0.265. The van der Waals surface area contributed by atoms with Crippen molar-refractivity contribution in [1.29, 1.82) is 0 Å². The van der Waals surface area contributed by atoms with Gasteiger partial charge in [-0.15, -0.1) is 0 Å². The SMILES string of the molecule is CCCCOC(=O)[C@H](O)CC(=O)OC(C)(C)C. The van der Waals surface area contributed by atoms with Crippen LogP contribution in [-0.4, -0.2) is 35.4 Å². The van der Waals surface area contributed by atoms with Gasteiger partial charge in [-0.25, -0.2) is 4.79 Å². The number of rotatable bonds is 6. The van der Waals surface area contributed by atoms with Gasteiger partial charge in [0.1, 0.15) is 5.60 Å². The van der Waals surface area contributed by atoms with Gasteiger partial charge in [-0.1, -0.05) is 13.3 Å². The third-order valence-electron chi connectivity index (χ3n) is 1.79. The number of aliphatic hydroxyl groups excluding tert-OH is 1. The van der Waals surface area contributed by atoms with Crippen LogP contribution in [0.15, 0.2) is 0 Å². The zero-order valence-corrected chi connectivity index (χ0v) is 11.0. The first-order valence-corrected chi connectivity index (χ1v) is 5.83. The molecule has 1 atom stereocenters. The highest BCUT2D eigenvalue weighted by Crippen LogP contribution is 2.09. The van der Waals surface area contributed by atoms with Crippen molar-refractivity contribution in [3.8, 4) is 0 Å². The number of carbonyl (C=O) groups is 2. The van der Waals surface area contributed by atoms with E-state index < -0.39 is 23.6 Å². The molecular formula is C12H22O5. The average Bonchev–Trinajstić information content (AvgIpc) is 2.14. The number of carbonyl (C=O) groups excluding carboxylic acids is 2. The Balaban J connectivity index is 3.95. The highest BCUT2D eigenvalue weighted by atomic mass is 16.6. The summed E-state index contributed by atoms with van der Waals surface area (Å²) in [6, 6.07) is 0. The fourth-order valence-corrected chi connectivity index (χ4v) is 1.04. The number of ether oxygens (including phenoxy) is 2. The Bertz CT molecular complexity index is 254. The van der Waals surface area contributed by atoms with Gasteiger partial charge in [0.2, 0.25) is 0 Å². The molecule has 0 aromatic rings. The molecule has 0 aromatic heterocycles. The van der Waals surface area contributed by atoms with Crippen LogP contribution in [0.3, 0.4) is 0 Å². The highest BCUT2D eigenvalue weighted by Gasteiger charge is 2.24. The molecule has 0 unspecified atom stereocenters. The molecule has 0 amide bonds. The molecule has 0 aliphatic rings. The molecule has 0 bridgehead atoms. The van der Waals surface area contributed by atoms with Crippen molar-refractivity contribution in [2.45, 2.75) is 58.7 Å². The second-order valence-corrected chi connectivity index (χ2v) is 4.83. The lowest BCUT2D eigenvalue weighted by Crippen LogP contribution is -2.31. The van der Waals surface area contributed by atoms with Crippen LogP contribution in [0.1, 0.15) is 47.0 Å². The van der Waals surface area contributed by atoms with Crippen molar-refractivity contribution in [2.75, 3.05) is 6.61 Å². The van der Waals surface area contributed by atoms with Crippen molar-refractivity contribution in [2.24, 2.45) is 0 Å². The standard InChI is InChI=1S/C12H22O5/c1-5-6-7-16-11(15)9(13)8-10(14)17-12(2,3)4/h9,13H,5-8H2,1-4H3/t9-/m1/s1. The van der Waals surface area contributed by atoms with Crippen LogP contribution in [0, 0.1) is 0 Å². The molecule has 0 saturated carbocycles. The summed E-state index contributed by atoms with van der Waals surface area (Å²) < 4.78 is 9.76. The molecule has 0 saturated heterocycles. The monoisotopic (exact) mass is 246 g/mol. The lowest BCUT2D eigenvalue weighted by atomic mass is 10.2. The number of aliphatic hydroxyl groups is 1. The lowest BCUT2D eigenvalue weighted by molar-refractivity contribution is -0.165. The van der Waals surface area contributed by atoms with Gasteiger partial charge in [0, 0.05) is 0 Å². The summed E-state index contributed by atoms with van der Waals surface area (Å²) >= 11 is 0. The van der Waals surface area contributed by atoms with Gasteiger partial charge in [-0.05, 0) is 27.2 Å². The van der Waals surface area contributed by atoms with Gasteiger partial charge < -0.3 is 14.6 Å². The third kappa shape index (κ3) is 8.68. The van der Waals surface area contributed by atoms with E-state index in [0.717, 1.165) is 12.8 Å². The van der Waals surface area contributed by atoms with Gasteiger partial charge in [0.15, 0.2) is 6.10 Å². The molecule has 0 rings (SSSR count). The summed E-state index contributed by atoms with van der Waals surface area (Å²) in [6.07, 6.45) is -0.176. The Hall–Kier alpha value is -1.10. The number of hydrogen-bond donors (Lipinski definition) is 1. The smallest absolute Gasteiger partial charge is 0.335 e. The van der Waals surface area contributed by atoms with Gasteiger partial charge in [-0.2, -0.15) is 0 Å². The van der Waals surface area contributed by atoms with Crippen LogP contribution in [0.25, 0.3) is 0 Å². The quantitative estimate of drug-likeness (QED) is 0.567. The topological polar surface area (TPSA) is 72.8 Å². The summed E-state index contributed by atoms with van der Waals surface area (Å²) in [4.78, 5) is 22.6. The minimum Gasteiger partial charge on any atom is -0.464 e.